The Bertz CT molecular complexity index is 920. The van der Waals surface area contributed by atoms with Crippen molar-refractivity contribution in [3.8, 4) is 22.6 Å². The Morgan fingerprint density at radius 2 is 1.81 bits per heavy atom. The number of hydrogen-bond donors (Lipinski definition) is 1. The maximum absolute atomic E-state index is 12.8. The molecular weight excluding hydrogens is 346 g/mol. The third kappa shape index (κ3) is 3.30. The second-order valence-electron chi connectivity index (χ2n) is 6.13. The van der Waals surface area contributed by atoms with Gasteiger partial charge in [0.25, 0.3) is 5.91 Å². The van der Waals surface area contributed by atoms with Crippen LogP contribution in [0.5, 0.6) is 11.5 Å². The van der Waals surface area contributed by atoms with Crippen LogP contribution in [0.2, 0.25) is 0 Å². The molecule has 5 heteroatoms. The maximum Gasteiger partial charge on any atom is 0.262 e. The lowest BCUT2D eigenvalue weighted by Crippen LogP contribution is -2.26. The number of amides is 1. The third-order valence-electron chi connectivity index (χ3n) is 4.37. The Hall–Kier alpha value is -2.79. The van der Waals surface area contributed by atoms with Gasteiger partial charge in [0.1, 0.15) is 13.2 Å². The second-order valence-corrected chi connectivity index (χ2v) is 7.04. The number of rotatable bonds is 4. The van der Waals surface area contributed by atoms with Crippen molar-refractivity contribution in [3.05, 3.63) is 70.4 Å². The molecule has 1 aliphatic heterocycles. The van der Waals surface area contributed by atoms with E-state index in [9.17, 15) is 4.79 Å². The molecule has 1 aliphatic rings. The van der Waals surface area contributed by atoms with Gasteiger partial charge in [0.2, 0.25) is 0 Å². The van der Waals surface area contributed by atoms with Crippen LogP contribution < -0.4 is 14.8 Å². The van der Waals surface area contributed by atoms with Gasteiger partial charge in [-0.05, 0) is 41.6 Å². The van der Waals surface area contributed by atoms with Gasteiger partial charge >= 0.3 is 0 Å². The number of carbonyl (C=O) groups excluding carboxylic acids is 1. The van der Waals surface area contributed by atoms with E-state index in [4.69, 9.17) is 9.47 Å². The van der Waals surface area contributed by atoms with Crippen LogP contribution in [-0.4, -0.2) is 19.1 Å². The standard InChI is InChI=1S/C21H19NO3S/c1-14(16-7-8-18-19(13-16)25-11-10-24-18)22-21(23)20-17(9-12-26-20)15-5-3-2-4-6-15/h2-9,12-14H,10-11H2,1H3,(H,22,23)/t14-/m0/s1. The predicted octanol–water partition coefficient (Wildman–Crippen LogP) is 4.68. The first-order chi connectivity index (χ1) is 12.7. The van der Waals surface area contributed by atoms with Gasteiger partial charge in [-0.2, -0.15) is 0 Å². The minimum absolute atomic E-state index is 0.0683. The molecule has 2 heterocycles. The topological polar surface area (TPSA) is 47.6 Å². The SMILES string of the molecule is C[C@H](NC(=O)c1sccc1-c1ccccc1)c1ccc2c(c1)OCCO2. The first-order valence-corrected chi connectivity index (χ1v) is 9.43. The molecule has 0 unspecified atom stereocenters. The second kappa shape index (κ2) is 7.22. The molecule has 132 valence electrons. The number of nitrogens with one attached hydrogen (secondary N) is 1. The predicted molar refractivity (Wildman–Crippen MR) is 103 cm³/mol. The molecule has 0 saturated carbocycles. The highest BCUT2D eigenvalue weighted by molar-refractivity contribution is 7.12. The lowest BCUT2D eigenvalue weighted by Gasteiger charge is -2.21. The van der Waals surface area contributed by atoms with Crippen LogP contribution in [-0.2, 0) is 0 Å². The molecule has 0 radical (unpaired) electrons. The number of benzene rings is 2. The van der Waals surface area contributed by atoms with Gasteiger partial charge in [0.05, 0.1) is 10.9 Å². The lowest BCUT2D eigenvalue weighted by atomic mass is 10.1. The fourth-order valence-corrected chi connectivity index (χ4v) is 3.82. The molecule has 1 atom stereocenters. The molecule has 26 heavy (non-hydrogen) atoms. The van der Waals surface area contributed by atoms with Crippen molar-refractivity contribution < 1.29 is 14.3 Å². The minimum atomic E-state index is -0.135. The van der Waals surface area contributed by atoms with E-state index < -0.39 is 0 Å². The van der Waals surface area contributed by atoms with Crippen LogP contribution in [0.1, 0.15) is 28.2 Å². The molecule has 2 aromatic carbocycles. The lowest BCUT2D eigenvalue weighted by molar-refractivity contribution is 0.0944. The Kier molecular flexibility index (Phi) is 4.63. The van der Waals surface area contributed by atoms with E-state index in [1.165, 1.54) is 11.3 Å². The zero-order chi connectivity index (χ0) is 17.9. The number of ether oxygens (including phenoxy) is 2. The fraction of sp³-hybridized carbons (Fsp3) is 0.190. The van der Waals surface area contributed by atoms with Crippen LogP contribution in [0.3, 0.4) is 0 Å². The van der Waals surface area contributed by atoms with Crippen molar-refractivity contribution in [1.82, 2.24) is 5.32 Å². The number of thiophene rings is 1. The average Bonchev–Trinajstić information content (AvgIpc) is 3.18. The zero-order valence-corrected chi connectivity index (χ0v) is 15.2. The smallest absolute Gasteiger partial charge is 0.262 e. The van der Waals surface area contributed by atoms with Gasteiger partial charge in [-0.15, -0.1) is 11.3 Å². The molecule has 0 bridgehead atoms. The number of fused-ring (bicyclic) bond motifs is 1. The number of hydrogen-bond acceptors (Lipinski definition) is 4. The molecule has 0 aliphatic carbocycles. The summed E-state index contributed by atoms with van der Waals surface area (Å²) in [4.78, 5) is 13.5. The van der Waals surface area contributed by atoms with Crippen LogP contribution in [0.4, 0.5) is 0 Å². The summed E-state index contributed by atoms with van der Waals surface area (Å²) in [6.07, 6.45) is 0. The Labute approximate surface area is 156 Å². The summed E-state index contributed by atoms with van der Waals surface area (Å²) in [5.41, 5.74) is 2.99. The van der Waals surface area contributed by atoms with Gasteiger partial charge in [0, 0.05) is 5.56 Å². The van der Waals surface area contributed by atoms with E-state index in [1.807, 2.05) is 66.9 Å². The molecule has 3 aromatic rings. The minimum Gasteiger partial charge on any atom is -0.486 e. The van der Waals surface area contributed by atoms with Crippen molar-refractivity contribution in [2.24, 2.45) is 0 Å². The first kappa shape index (κ1) is 16.7. The average molecular weight is 365 g/mol. The monoisotopic (exact) mass is 365 g/mol. The first-order valence-electron chi connectivity index (χ1n) is 8.55. The van der Waals surface area contributed by atoms with E-state index in [0.717, 1.165) is 33.1 Å². The zero-order valence-electron chi connectivity index (χ0n) is 14.4. The normalized spacial score (nSPS) is 13.9. The van der Waals surface area contributed by atoms with E-state index in [-0.39, 0.29) is 11.9 Å². The Balaban J connectivity index is 1.53. The van der Waals surface area contributed by atoms with Crippen molar-refractivity contribution in [1.29, 1.82) is 0 Å². The van der Waals surface area contributed by atoms with Gasteiger partial charge in [-0.3, -0.25) is 4.79 Å². The summed E-state index contributed by atoms with van der Waals surface area (Å²) < 4.78 is 11.2. The van der Waals surface area contributed by atoms with E-state index in [2.05, 4.69) is 5.32 Å². The highest BCUT2D eigenvalue weighted by Gasteiger charge is 2.19. The molecular formula is C21H19NO3S. The van der Waals surface area contributed by atoms with Crippen LogP contribution >= 0.6 is 11.3 Å². The van der Waals surface area contributed by atoms with Crippen LogP contribution in [0.15, 0.2) is 60.0 Å². The van der Waals surface area contributed by atoms with Gasteiger partial charge < -0.3 is 14.8 Å². The quantitative estimate of drug-likeness (QED) is 0.730. The van der Waals surface area contributed by atoms with Crippen LogP contribution in [0, 0.1) is 0 Å². The molecule has 0 fully saturated rings. The molecule has 4 nitrogen and oxygen atoms in total. The van der Waals surface area contributed by atoms with Crippen molar-refractivity contribution in [2.45, 2.75) is 13.0 Å². The van der Waals surface area contributed by atoms with Gasteiger partial charge in [0.15, 0.2) is 11.5 Å². The third-order valence-corrected chi connectivity index (χ3v) is 5.28. The molecule has 1 amide bonds. The Morgan fingerprint density at radius 3 is 2.62 bits per heavy atom. The highest BCUT2D eigenvalue weighted by atomic mass is 32.1. The van der Waals surface area contributed by atoms with Crippen molar-refractivity contribution >= 4 is 17.2 Å². The summed E-state index contributed by atoms with van der Waals surface area (Å²) >= 11 is 1.46. The van der Waals surface area contributed by atoms with Crippen molar-refractivity contribution in [3.63, 3.8) is 0 Å². The maximum atomic E-state index is 12.8. The molecule has 0 spiro atoms. The summed E-state index contributed by atoms with van der Waals surface area (Å²) in [7, 11) is 0. The van der Waals surface area contributed by atoms with Gasteiger partial charge in [-0.25, -0.2) is 0 Å². The summed E-state index contributed by atoms with van der Waals surface area (Å²) in [5, 5.41) is 5.04. The molecule has 1 aromatic heterocycles. The Morgan fingerprint density at radius 1 is 1.04 bits per heavy atom. The molecule has 1 N–H and O–H groups in total. The molecule has 0 saturated heterocycles. The summed E-state index contributed by atoms with van der Waals surface area (Å²) in [6.45, 7) is 3.09. The van der Waals surface area contributed by atoms with E-state index in [0.29, 0.717) is 13.2 Å². The van der Waals surface area contributed by atoms with E-state index >= 15 is 0 Å². The molecule has 4 rings (SSSR count). The van der Waals surface area contributed by atoms with Crippen molar-refractivity contribution in [2.75, 3.05) is 13.2 Å². The van der Waals surface area contributed by atoms with Gasteiger partial charge in [-0.1, -0.05) is 36.4 Å². The number of carbonyl (C=O) groups is 1. The van der Waals surface area contributed by atoms with E-state index in [1.54, 1.807) is 0 Å². The van der Waals surface area contributed by atoms with Crippen LogP contribution in [0.25, 0.3) is 11.1 Å². The fourth-order valence-electron chi connectivity index (χ4n) is 3.00. The summed E-state index contributed by atoms with van der Waals surface area (Å²) in [5.74, 6) is 1.42. The largest absolute Gasteiger partial charge is 0.486 e. The highest BCUT2D eigenvalue weighted by Crippen LogP contribution is 2.33. The summed E-state index contributed by atoms with van der Waals surface area (Å²) in [6, 6.07) is 17.6.